The van der Waals surface area contributed by atoms with Crippen molar-refractivity contribution < 1.29 is 14.1 Å². The molecule has 156 valence electrons. The summed E-state index contributed by atoms with van der Waals surface area (Å²) < 4.78 is 12.2. The second-order valence-corrected chi connectivity index (χ2v) is 8.53. The largest absolute Gasteiger partial charge is 0.481 e. The Morgan fingerprint density at radius 2 is 2.00 bits per heavy atom. The van der Waals surface area contributed by atoms with E-state index in [2.05, 4.69) is 38.2 Å². The van der Waals surface area contributed by atoms with E-state index < -0.39 is 6.10 Å². The molecule has 7 heteroatoms. The predicted octanol–water partition coefficient (Wildman–Crippen LogP) is 4.80. The highest BCUT2D eigenvalue weighted by Gasteiger charge is 2.22. The van der Waals surface area contributed by atoms with E-state index in [4.69, 9.17) is 9.26 Å². The van der Waals surface area contributed by atoms with Crippen LogP contribution in [0.2, 0.25) is 0 Å². The van der Waals surface area contributed by atoms with Crippen LogP contribution in [0.1, 0.15) is 36.8 Å². The lowest BCUT2D eigenvalue weighted by molar-refractivity contribution is -0.137. The fourth-order valence-corrected chi connectivity index (χ4v) is 4.09. The van der Waals surface area contributed by atoms with Crippen molar-refractivity contribution in [2.24, 2.45) is 0 Å². The molecule has 1 aliphatic rings. The Bertz CT molecular complexity index is 1050. The molecule has 30 heavy (non-hydrogen) atoms. The molecule has 0 aliphatic heterocycles. The molecule has 0 spiro atoms. The average molecular weight is 470 g/mol. The number of hydrogen-bond acceptors (Lipinski definition) is 5. The zero-order chi connectivity index (χ0) is 21.1. The number of nitrogens with zero attached hydrogens (tertiary/aromatic N) is 3. The van der Waals surface area contributed by atoms with Crippen LogP contribution in [0.25, 0.3) is 11.4 Å². The predicted molar refractivity (Wildman–Crippen MR) is 117 cm³/mol. The molecule has 1 aromatic heterocycles. The number of ether oxygens (including phenoxy) is 1. The molecule has 1 amide bonds. The smallest absolute Gasteiger partial charge is 0.263 e. The Kier molecular flexibility index (Phi) is 6.18. The minimum atomic E-state index is -0.607. The van der Waals surface area contributed by atoms with Gasteiger partial charge >= 0.3 is 0 Å². The van der Waals surface area contributed by atoms with E-state index in [9.17, 15) is 4.79 Å². The van der Waals surface area contributed by atoms with Gasteiger partial charge in [-0.15, -0.1) is 0 Å². The number of likely N-dealkylation sites (N-methyl/N-ethyl adjacent to an activating group) is 1. The number of benzene rings is 2. The standard InChI is InChI=1S/C23H24BrN3O3/c1-15(29-20-11-10-16-6-3-4-7-17(16)13-20)23(28)27(2)14-21-25-22(26-30-21)18-8-5-9-19(24)12-18/h5,8-13,15H,3-4,6-7,14H2,1-2H3/t15-/m0/s1. The van der Waals surface area contributed by atoms with Gasteiger partial charge in [0.2, 0.25) is 11.7 Å². The number of halogens is 1. The molecule has 6 nitrogen and oxygen atoms in total. The molecule has 0 fully saturated rings. The van der Waals surface area contributed by atoms with Crippen molar-refractivity contribution in [3.8, 4) is 17.1 Å². The summed E-state index contributed by atoms with van der Waals surface area (Å²) in [6, 6.07) is 13.8. The summed E-state index contributed by atoms with van der Waals surface area (Å²) in [6.07, 6.45) is 4.04. The summed E-state index contributed by atoms with van der Waals surface area (Å²) in [7, 11) is 1.71. The van der Waals surface area contributed by atoms with Crippen molar-refractivity contribution in [2.75, 3.05) is 7.05 Å². The average Bonchev–Trinajstić information content (AvgIpc) is 3.21. The molecule has 0 bridgehead atoms. The first kappa shape index (κ1) is 20.6. The summed E-state index contributed by atoms with van der Waals surface area (Å²) in [5.41, 5.74) is 3.57. The van der Waals surface area contributed by atoms with Gasteiger partial charge in [-0.2, -0.15) is 4.98 Å². The summed E-state index contributed by atoms with van der Waals surface area (Å²) in [5, 5.41) is 4.02. The van der Waals surface area contributed by atoms with Crippen LogP contribution in [0.3, 0.4) is 0 Å². The van der Waals surface area contributed by atoms with Gasteiger partial charge in [-0.1, -0.05) is 39.3 Å². The summed E-state index contributed by atoms with van der Waals surface area (Å²) >= 11 is 3.44. The van der Waals surface area contributed by atoms with Crippen molar-refractivity contribution in [1.29, 1.82) is 0 Å². The first-order valence-corrected chi connectivity index (χ1v) is 10.9. The Balaban J connectivity index is 1.37. The molecule has 1 heterocycles. The molecular formula is C23H24BrN3O3. The van der Waals surface area contributed by atoms with Gasteiger partial charge in [-0.25, -0.2) is 0 Å². The SMILES string of the molecule is C[C@H](Oc1ccc2c(c1)CCCC2)C(=O)N(C)Cc1nc(-c2cccc(Br)c2)no1. The fourth-order valence-electron chi connectivity index (χ4n) is 3.69. The highest BCUT2D eigenvalue weighted by atomic mass is 79.9. The highest BCUT2D eigenvalue weighted by Crippen LogP contribution is 2.26. The van der Waals surface area contributed by atoms with Crippen LogP contribution in [0.4, 0.5) is 0 Å². The van der Waals surface area contributed by atoms with Crippen LogP contribution < -0.4 is 4.74 Å². The van der Waals surface area contributed by atoms with Crippen molar-refractivity contribution in [2.45, 2.75) is 45.3 Å². The Hall–Kier alpha value is -2.67. The van der Waals surface area contributed by atoms with Crippen LogP contribution >= 0.6 is 15.9 Å². The van der Waals surface area contributed by atoms with Gasteiger partial charge in [0, 0.05) is 17.1 Å². The fraction of sp³-hybridized carbons (Fsp3) is 0.348. The molecule has 1 aliphatic carbocycles. The van der Waals surface area contributed by atoms with Crippen molar-refractivity contribution >= 4 is 21.8 Å². The molecule has 0 N–H and O–H groups in total. The number of carbonyl (C=O) groups excluding carboxylic acids is 1. The van der Waals surface area contributed by atoms with Crippen LogP contribution in [-0.2, 0) is 24.2 Å². The molecule has 4 rings (SSSR count). The summed E-state index contributed by atoms with van der Waals surface area (Å²) in [6.45, 7) is 1.98. The molecule has 2 aromatic carbocycles. The normalized spacial score (nSPS) is 14.1. The Morgan fingerprint density at radius 1 is 1.20 bits per heavy atom. The second-order valence-electron chi connectivity index (χ2n) is 7.61. The van der Waals surface area contributed by atoms with Gasteiger partial charge in [-0.3, -0.25) is 4.79 Å². The lowest BCUT2D eigenvalue weighted by Crippen LogP contribution is -2.37. The zero-order valence-corrected chi connectivity index (χ0v) is 18.7. The maximum absolute atomic E-state index is 12.8. The van der Waals surface area contributed by atoms with E-state index in [1.165, 1.54) is 24.0 Å². The van der Waals surface area contributed by atoms with Crippen molar-refractivity contribution in [3.63, 3.8) is 0 Å². The van der Waals surface area contributed by atoms with E-state index >= 15 is 0 Å². The van der Waals surface area contributed by atoms with Crippen LogP contribution in [0, 0.1) is 0 Å². The van der Waals surface area contributed by atoms with E-state index in [1.807, 2.05) is 30.3 Å². The van der Waals surface area contributed by atoms with Gasteiger partial charge in [0.05, 0.1) is 6.54 Å². The van der Waals surface area contributed by atoms with Gasteiger partial charge < -0.3 is 14.2 Å². The van der Waals surface area contributed by atoms with Crippen LogP contribution in [0.5, 0.6) is 5.75 Å². The van der Waals surface area contributed by atoms with E-state index in [1.54, 1.807) is 18.9 Å². The van der Waals surface area contributed by atoms with Gasteiger partial charge in [0.15, 0.2) is 6.10 Å². The number of rotatable bonds is 6. The molecule has 0 radical (unpaired) electrons. The maximum atomic E-state index is 12.8. The molecule has 0 saturated carbocycles. The lowest BCUT2D eigenvalue weighted by Gasteiger charge is -2.22. The van der Waals surface area contributed by atoms with E-state index in [0.717, 1.165) is 28.6 Å². The monoisotopic (exact) mass is 469 g/mol. The minimum Gasteiger partial charge on any atom is -0.481 e. The quantitative estimate of drug-likeness (QED) is 0.518. The molecule has 0 unspecified atom stereocenters. The number of aromatic nitrogens is 2. The topological polar surface area (TPSA) is 68.5 Å². The number of fused-ring (bicyclic) bond motifs is 1. The summed E-state index contributed by atoms with van der Waals surface area (Å²) in [4.78, 5) is 18.7. The minimum absolute atomic E-state index is 0.144. The molecular weight excluding hydrogens is 446 g/mol. The number of aryl methyl sites for hydroxylation is 2. The molecule has 0 saturated heterocycles. The maximum Gasteiger partial charge on any atom is 0.263 e. The Morgan fingerprint density at radius 3 is 2.80 bits per heavy atom. The third kappa shape index (κ3) is 4.73. The highest BCUT2D eigenvalue weighted by molar-refractivity contribution is 9.10. The third-order valence-corrected chi connectivity index (χ3v) is 5.77. The lowest BCUT2D eigenvalue weighted by atomic mass is 9.92. The molecule has 1 atom stereocenters. The summed E-state index contributed by atoms with van der Waals surface area (Å²) in [5.74, 6) is 1.46. The van der Waals surface area contributed by atoms with Crippen LogP contribution in [0.15, 0.2) is 51.5 Å². The first-order valence-electron chi connectivity index (χ1n) is 10.1. The molecule has 3 aromatic rings. The first-order chi connectivity index (χ1) is 14.5. The van der Waals surface area contributed by atoms with E-state index in [-0.39, 0.29) is 12.5 Å². The third-order valence-electron chi connectivity index (χ3n) is 5.28. The number of carbonyl (C=O) groups is 1. The Labute approximate surface area is 184 Å². The van der Waals surface area contributed by atoms with Gasteiger partial charge in [0.1, 0.15) is 5.75 Å². The second kappa shape index (κ2) is 9.00. The number of hydrogen-bond donors (Lipinski definition) is 0. The zero-order valence-electron chi connectivity index (χ0n) is 17.1. The van der Waals surface area contributed by atoms with Crippen LogP contribution in [-0.4, -0.2) is 34.1 Å². The van der Waals surface area contributed by atoms with Crippen molar-refractivity contribution in [3.05, 3.63) is 64.0 Å². The van der Waals surface area contributed by atoms with E-state index in [0.29, 0.717) is 11.7 Å². The van der Waals surface area contributed by atoms with Gasteiger partial charge in [0.25, 0.3) is 5.91 Å². The number of amides is 1. The van der Waals surface area contributed by atoms with Crippen molar-refractivity contribution in [1.82, 2.24) is 15.0 Å². The van der Waals surface area contributed by atoms with Gasteiger partial charge in [-0.05, 0) is 68.0 Å².